The third kappa shape index (κ3) is 4.11. The number of benzene rings is 1. The Morgan fingerprint density at radius 2 is 1.23 bits per heavy atom. The molecular formula is C13H12F7NO. The van der Waals surface area contributed by atoms with E-state index in [-0.39, 0.29) is 18.2 Å². The Hall–Kier alpha value is -1.80. The monoisotopic (exact) mass is 331 g/mol. The highest BCUT2D eigenvalue weighted by molar-refractivity contribution is 5.94. The summed E-state index contributed by atoms with van der Waals surface area (Å²) in [6, 6.07) is 0.252. The van der Waals surface area contributed by atoms with Crippen LogP contribution in [0.5, 0.6) is 0 Å². The van der Waals surface area contributed by atoms with Gasteiger partial charge in [-0.15, -0.1) is 0 Å². The van der Waals surface area contributed by atoms with Gasteiger partial charge in [0.2, 0.25) is 0 Å². The predicted molar refractivity (Wildman–Crippen MR) is 63.5 cm³/mol. The molecule has 0 saturated carbocycles. The fourth-order valence-electron chi connectivity index (χ4n) is 1.50. The first-order valence-electron chi connectivity index (χ1n) is 5.94. The van der Waals surface area contributed by atoms with Gasteiger partial charge in [0.15, 0.2) is 0 Å². The van der Waals surface area contributed by atoms with E-state index in [4.69, 9.17) is 0 Å². The van der Waals surface area contributed by atoms with Gasteiger partial charge in [-0.1, -0.05) is 4.48 Å². The SMILES string of the molecule is CC(C)(C)N(F)C(=O)c1cc(C(F)(F)F)cc(C(F)(F)F)c1. The van der Waals surface area contributed by atoms with Gasteiger partial charge in [0.1, 0.15) is 0 Å². The standard InChI is InChI=1S/C13H12F7NO/c1-11(2,3)21(20)10(22)7-4-8(12(14,15)16)6-9(5-7)13(17,18)19/h4-6H,1-3H3. The molecule has 0 radical (unpaired) electrons. The number of hydrogen-bond donors (Lipinski definition) is 0. The van der Waals surface area contributed by atoms with Crippen LogP contribution in [0.15, 0.2) is 18.2 Å². The Labute approximate surface area is 121 Å². The van der Waals surface area contributed by atoms with Crippen LogP contribution in [0.2, 0.25) is 0 Å². The highest BCUT2D eigenvalue weighted by Crippen LogP contribution is 2.36. The third-order valence-electron chi connectivity index (χ3n) is 2.60. The van der Waals surface area contributed by atoms with Crippen molar-refractivity contribution in [1.82, 2.24) is 5.12 Å². The van der Waals surface area contributed by atoms with Crippen molar-refractivity contribution in [2.75, 3.05) is 0 Å². The second-order valence-electron chi connectivity index (χ2n) is 5.55. The van der Waals surface area contributed by atoms with Crippen molar-refractivity contribution in [3.8, 4) is 0 Å². The number of alkyl halides is 6. The van der Waals surface area contributed by atoms with E-state index >= 15 is 0 Å². The molecule has 1 rings (SSSR count). The van der Waals surface area contributed by atoms with Gasteiger partial charge >= 0.3 is 12.4 Å². The summed E-state index contributed by atoms with van der Waals surface area (Å²) in [5.74, 6) is -1.58. The summed E-state index contributed by atoms with van der Waals surface area (Å²) >= 11 is 0. The van der Waals surface area contributed by atoms with Gasteiger partial charge < -0.3 is 0 Å². The topological polar surface area (TPSA) is 20.3 Å². The van der Waals surface area contributed by atoms with E-state index in [0.29, 0.717) is 0 Å². The summed E-state index contributed by atoms with van der Waals surface area (Å²) in [5.41, 5.74) is -5.79. The first-order valence-corrected chi connectivity index (χ1v) is 5.94. The highest BCUT2D eigenvalue weighted by atomic mass is 19.4. The second-order valence-corrected chi connectivity index (χ2v) is 5.55. The van der Waals surface area contributed by atoms with Crippen LogP contribution in [0.25, 0.3) is 0 Å². The summed E-state index contributed by atoms with van der Waals surface area (Å²) in [4.78, 5) is 11.8. The molecule has 1 aromatic rings. The molecular weight excluding hydrogens is 319 g/mol. The van der Waals surface area contributed by atoms with Crippen molar-refractivity contribution in [2.24, 2.45) is 0 Å². The van der Waals surface area contributed by atoms with Gasteiger partial charge in [-0.05, 0) is 39.0 Å². The molecule has 1 amide bonds. The minimum absolute atomic E-state index is 0.129. The Morgan fingerprint density at radius 3 is 1.50 bits per heavy atom. The fraction of sp³-hybridized carbons (Fsp3) is 0.462. The Morgan fingerprint density at radius 1 is 0.864 bits per heavy atom. The summed E-state index contributed by atoms with van der Waals surface area (Å²) in [5, 5.41) is -0.414. The molecule has 0 aliphatic carbocycles. The summed E-state index contributed by atoms with van der Waals surface area (Å²) in [7, 11) is 0. The maximum atomic E-state index is 13.8. The van der Waals surface area contributed by atoms with Crippen molar-refractivity contribution in [3.63, 3.8) is 0 Å². The van der Waals surface area contributed by atoms with Crippen molar-refractivity contribution in [2.45, 2.75) is 38.7 Å². The molecule has 0 atom stereocenters. The predicted octanol–water partition coefficient (Wildman–Crippen LogP) is 4.85. The van der Waals surface area contributed by atoms with Crippen LogP contribution in [0, 0.1) is 0 Å². The molecule has 22 heavy (non-hydrogen) atoms. The van der Waals surface area contributed by atoms with E-state index in [9.17, 15) is 35.6 Å². The maximum absolute atomic E-state index is 13.8. The zero-order chi connectivity index (χ0) is 17.5. The first kappa shape index (κ1) is 18.2. The van der Waals surface area contributed by atoms with E-state index < -0.39 is 45.6 Å². The molecule has 0 fully saturated rings. The van der Waals surface area contributed by atoms with Gasteiger partial charge in [-0.25, -0.2) is 0 Å². The van der Waals surface area contributed by atoms with Crippen LogP contribution in [-0.4, -0.2) is 16.6 Å². The Kier molecular flexibility index (Phi) is 4.51. The lowest BCUT2D eigenvalue weighted by Crippen LogP contribution is -2.39. The Balaban J connectivity index is 3.46. The van der Waals surface area contributed by atoms with Crippen LogP contribution in [0.1, 0.15) is 42.3 Å². The molecule has 0 heterocycles. The molecule has 0 saturated heterocycles. The number of nitrogens with zero attached hydrogens (tertiary/aromatic N) is 1. The number of carbonyl (C=O) groups excluding carboxylic acids is 1. The van der Waals surface area contributed by atoms with E-state index in [1.807, 2.05) is 0 Å². The van der Waals surface area contributed by atoms with E-state index in [2.05, 4.69) is 0 Å². The normalized spacial score (nSPS) is 13.2. The van der Waals surface area contributed by atoms with Gasteiger partial charge in [-0.2, -0.15) is 31.5 Å². The molecule has 0 N–H and O–H groups in total. The van der Waals surface area contributed by atoms with Crippen LogP contribution < -0.4 is 0 Å². The quantitative estimate of drug-likeness (QED) is 0.532. The van der Waals surface area contributed by atoms with Crippen LogP contribution in [-0.2, 0) is 12.4 Å². The zero-order valence-electron chi connectivity index (χ0n) is 11.7. The van der Waals surface area contributed by atoms with Gasteiger partial charge in [0.05, 0.1) is 16.7 Å². The summed E-state index contributed by atoms with van der Waals surface area (Å²) in [6.45, 7) is 3.72. The van der Waals surface area contributed by atoms with E-state index in [0.717, 1.165) is 0 Å². The lowest BCUT2D eigenvalue weighted by Gasteiger charge is -2.27. The molecule has 0 spiro atoms. The number of carbonyl (C=O) groups is 1. The zero-order valence-corrected chi connectivity index (χ0v) is 11.7. The fourth-order valence-corrected chi connectivity index (χ4v) is 1.50. The third-order valence-corrected chi connectivity index (χ3v) is 2.60. The molecule has 124 valence electrons. The number of halogens is 7. The van der Waals surface area contributed by atoms with Crippen molar-refractivity contribution in [3.05, 3.63) is 34.9 Å². The van der Waals surface area contributed by atoms with Crippen LogP contribution in [0.3, 0.4) is 0 Å². The van der Waals surface area contributed by atoms with Crippen LogP contribution >= 0.6 is 0 Å². The molecule has 0 aliphatic rings. The summed E-state index contributed by atoms with van der Waals surface area (Å²) in [6.07, 6.45) is -10.2. The van der Waals surface area contributed by atoms with Crippen molar-refractivity contribution >= 4 is 5.91 Å². The van der Waals surface area contributed by atoms with E-state index in [1.54, 1.807) is 0 Å². The number of amides is 1. The number of hydrogen-bond acceptors (Lipinski definition) is 1. The lowest BCUT2D eigenvalue weighted by molar-refractivity contribution is -0.143. The average Bonchev–Trinajstić information content (AvgIpc) is 2.33. The minimum Gasteiger partial charge on any atom is -0.266 e. The molecule has 0 aliphatic heterocycles. The molecule has 2 nitrogen and oxygen atoms in total. The van der Waals surface area contributed by atoms with Crippen molar-refractivity contribution in [1.29, 1.82) is 0 Å². The Bertz CT molecular complexity index is 537. The maximum Gasteiger partial charge on any atom is 0.416 e. The average molecular weight is 331 g/mol. The van der Waals surface area contributed by atoms with Gasteiger partial charge in [-0.3, -0.25) is 4.79 Å². The van der Waals surface area contributed by atoms with E-state index in [1.165, 1.54) is 20.8 Å². The smallest absolute Gasteiger partial charge is 0.266 e. The second kappa shape index (κ2) is 5.44. The van der Waals surface area contributed by atoms with Gasteiger partial charge in [0.25, 0.3) is 5.91 Å². The van der Waals surface area contributed by atoms with Crippen LogP contribution in [0.4, 0.5) is 30.8 Å². The summed E-state index contributed by atoms with van der Waals surface area (Å²) < 4.78 is 89.7. The molecule has 9 heteroatoms. The molecule has 0 bridgehead atoms. The molecule has 0 aromatic heterocycles. The number of rotatable bonds is 1. The van der Waals surface area contributed by atoms with Gasteiger partial charge in [0, 0.05) is 5.56 Å². The largest absolute Gasteiger partial charge is 0.416 e. The minimum atomic E-state index is -5.10. The highest BCUT2D eigenvalue weighted by Gasteiger charge is 2.38. The molecule has 0 unspecified atom stereocenters. The molecule has 1 aromatic carbocycles. The lowest BCUT2D eigenvalue weighted by atomic mass is 10.0. The first-order chi connectivity index (χ1) is 9.64. The van der Waals surface area contributed by atoms with Crippen molar-refractivity contribution < 1.29 is 35.6 Å².